The van der Waals surface area contributed by atoms with Crippen molar-refractivity contribution in [3.8, 4) is 0 Å². The lowest BCUT2D eigenvalue weighted by atomic mass is 10.2. The molecule has 0 aromatic carbocycles. The van der Waals surface area contributed by atoms with Crippen LogP contribution in [0.1, 0.15) is 43.3 Å². The third kappa shape index (κ3) is 3.62. The van der Waals surface area contributed by atoms with Gasteiger partial charge in [-0.1, -0.05) is 6.92 Å². The van der Waals surface area contributed by atoms with Gasteiger partial charge in [0.05, 0.1) is 25.8 Å². The number of aryl methyl sites for hydroxylation is 1. The summed E-state index contributed by atoms with van der Waals surface area (Å²) in [4.78, 5) is 2.44. The maximum atomic E-state index is 6.02. The molecule has 112 valence electrons. The monoisotopic (exact) mass is 278 g/mol. The van der Waals surface area contributed by atoms with E-state index in [0.717, 1.165) is 56.8 Å². The minimum Gasteiger partial charge on any atom is -0.463 e. The highest BCUT2D eigenvalue weighted by molar-refractivity contribution is 5.20. The second kappa shape index (κ2) is 6.29. The quantitative estimate of drug-likeness (QED) is 0.867. The summed E-state index contributed by atoms with van der Waals surface area (Å²) >= 11 is 0. The first kappa shape index (κ1) is 14.1. The molecule has 1 atom stereocenters. The summed E-state index contributed by atoms with van der Waals surface area (Å²) in [6, 6.07) is 2.92. The molecule has 1 N–H and O–H groups in total. The number of rotatable bonds is 6. The Labute approximate surface area is 121 Å². The Kier molecular flexibility index (Phi) is 4.44. The lowest BCUT2D eigenvalue weighted by Gasteiger charge is -2.31. The standard InChI is InChI=1S/C16H26N2O2/c1-3-14-10-18(6-7-19-14)11-15-8-12(2)16(20-15)9-17-13-4-5-13/h8,13-14,17H,3-7,9-11H2,1-2H3. The fourth-order valence-electron chi connectivity index (χ4n) is 2.76. The fourth-order valence-corrected chi connectivity index (χ4v) is 2.76. The smallest absolute Gasteiger partial charge is 0.120 e. The fraction of sp³-hybridized carbons (Fsp3) is 0.750. The average Bonchev–Trinajstić information content (AvgIpc) is 3.21. The highest BCUT2D eigenvalue weighted by Crippen LogP contribution is 2.22. The third-order valence-electron chi connectivity index (χ3n) is 4.26. The molecular weight excluding hydrogens is 252 g/mol. The summed E-state index contributed by atoms with van der Waals surface area (Å²) in [7, 11) is 0. The summed E-state index contributed by atoms with van der Waals surface area (Å²) in [6.07, 6.45) is 4.11. The molecule has 2 fully saturated rings. The number of hydrogen-bond acceptors (Lipinski definition) is 4. The zero-order valence-electron chi connectivity index (χ0n) is 12.7. The Morgan fingerprint density at radius 2 is 2.25 bits per heavy atom. The van der Waals surface area contributed by atoms with E-state index in [2.05, 4.69) is 30.1 Å². The summed E-state index contributed by atoms with van der Waals surface area (Å²) < 4.78 is 11.7. The van der Waals surface area contributed by atoms with Crippen LogP contribution >= 0.6 is 0 Å². The summed E-state index contributed by atoms with van der Waals surface area (Å²) in [6.45, 7) is 8.98. The Balaban J connectivity index is 1.55. The Morgan fingerprint density at radius 3 is 3.00 bits per heavy atom. The van der Waals surface area contributed by atoms with E-state index in [0.29, 0.717) is 6.10 Å². The van der Waals surface area contributed by atoms with Crippen molar-refractivity contribution in [1.29, 1.82) is 0 Å². The molecule has 1 aromatic rings. The van der Waals surface area contributed by atoms with Gasteiger partial charge in [-0.15, -0.1) is 0 Å². The maximum absolute atomic E-state index is 6.02. The molecule has 1 saturated carbocycles. The highest BCUT2D eigenvalue weighted by atomic mass is 16.5. The molecule has 4 heteroatoms. The van der Waals surface area contributed by atoms with Crippen molar-refractivity contribution >= 4 is 0 Å². The zero-order chi connectivity index (χ0) is 13.9. The van der Waals surface area contributed by atoms with Crippen molar-refractivity contribution in [2.45, 2.75) is 58.3 Å². The van der Waals surface area contributed by atoms with Gasteiger partial charge in [-0.3, -0.25) is 4.90 Å². The second-order valence-electron chi connectivity index (χ2n) is 6.11. The topological polar surface area (TPSA) is 37.6 Å². The molecule has 0 amide bonds. The first-order valence-electron chi connectivity index (χ1n) is 7.90. The number of furan rings is 1. The lowest BCUT2D eigenvalue weighted by molar-refractivity contribution is -0.0342. The van der Waals surface area contributed by atoms with Crippen molar-refractivity contribution < 1.29 is 9.15 Å². The van der Waals surface area contributed by atoms with Gasteiger partial charge in [0.25, 0.3) is 0 Å². The Bertz CT molecular complexity index is 440. The van der Waals surface area contributed by atoms with Gasteiger partial charge < -0.3 is 14.5 Å². The molecule has 2 aliphatic rings. The van der Waals surface area contributed by atoms with Gasteiger partial charge in [0.2, 0.25) is 0 Å². The number of nitrogens with zero attached hydrogens (tertiary/aromatic N) is 1. The number of morpholine rings is 1. The molecule has 1 aromatic heterocycles. The van der Waals surface area contributed by atoms with Gasteiger partial charge in [0, 0.05) is 19.1 Å². The minimum absolute atomic E-state index is 0.385. The van der Waals surface area contributed by atoms with Crippen LogP contribution < -0.4 is 5.32 Å². The van der Waals surface area contributed by atoms with E-state index < -0.39 is 0 Å². The first-order chi connectivity index (χ1) is 9.74. The highest BCUT2D eigenvalue weighted by Gasteiger charge is 2.22. The van der Waals surface area contributed by atoms with Gasteiger partial charge in [-0.25, -0.2) is 0 Å². The van der Waals surface area contributed by atoms with Crippen LogP contribution in [0.2, 0.25) is 0 Å². The molecule has 0 radical (unpaired) electrons. The zero-order valence-corrected chi connectivity index (χ0v) is 12.7. The van der Waals surface area contributed by atoms with Gasteiger partial charge in [-0.2, -0.15) is 0 Å². The van der Waals surface area contributed by atoms with Crippen LogP contribution in [0.4, 0.5) is 0 Å². The maximum Gasteiger partial charge on any atom is 0.120 e. The molecule has 1 saturated heterocycles. The van der Waals surface area contributed by atoms with Crippen molar-refractivity contribution in [2.24, 2.45) is 0 Å². The van der Waals surface area contributed by atoms with Crippen LogP contribution in [0.25, 0.3) is 0 Å². The SMILES string of the molecule is CCC1CN(Cc2cc(C)c(CNC3CC3)o2)CCO1. The molecule has 4 nitrogen and oxygen atoms in total. The molecule has 0 bridgehead atoms. The number of hydrogen-bond donors (Lipinski definition) is 1. The lowest BCUT2D eigenvalue weighted by Crippen LogP contribution is -2.41. The van der Waals surface area contributed by atoms with Gasteiger partial charge in [0.15, 0.2) is 0 Å². The van der Waals surface area contributed by atoms with E-state index in [-0.39, 0.29) is 0 Å². The van der Waals surface area contributed by atoms with Crippen LogP contribution in [0, 0.1) is 6.92 Å². The summed E-state index contributed by atoms with van der Waals surface area (Å²) in [5.74, 6) is 2.19. The van der Waals surface area contributed by atoms with Crippen LogP contribution in [-0.4, -0.2) is 36.7 Å². The van der Waals surface area contributed by atoms with Crippen molar-refractivity contribution in [1.82, 2.24) is 10.2 Å². The Hall–Kier alpha value is -0.840. The van der Waals surface area contributed by atoms with E-state index in [9.17, 15) is 0 Å². The molecule has 1 aliphatic heterocycles. The van der Waals surface area contributed by atoms with Crippen molar-refractivity contribution in [3.63, 3.8) is 0 Å². The van der Waals surface area contributed by atoms with Crippen molar-refractivity contribution in [3.05, 3.63) is 23.2 Å². The third-order valence-corrected chi connectivity index (χ3v) is 4.26. The average molecular weight is 278 g/mol. The van der Waals surface area contributed by atoms with Gasteiger partial charge >= 0.3 is 0 Å². The second-order valence-corrected chi connectivity index (χ2v) is 6.11. The molecule has 1 aliphatic carbocycles. The van der Waals surface area contributed by atoms with Crippen LogP contribution in [0.5, 0.6) is 0 Å². The Morgan fingerprint density at radius 1 is 1.40 bits per heavy atom. The van der Waals surface area contributed by atoms with Gasteiger partial charge in [0.1, 0.15) is 11.5 Å². The van der Waals surface area contributed by atoms with Crippen molar-refractivity contribution in [2.75, 3.05) is 19.7 Å². The van der Waals surface area contributed by atoms with Gasteiger partial charge in [-0.05, 0) is 37.8 Å². The van der Waals surface area contributed by atoms with E-state index in [1.54, 1.807) is 0 Å². The predicted octanol–water partition coefficient (Wildman–Crippen LogP) is 2.45. The molecular formula is C16H26N2O2. The number of ether oxygens (including phenoxy) is 1. The van der Waals surface area contributed by atoms with E-state index in [1.165, 1.54) is 18.4 Å². The minimum atomic E-state index is 0.385. The van der Waals surface area contributed by atoms with Crippen LogP contribution in [0.3, 0.4) is 0 Å². The normalized spacial score (nSPS) is 24.2. The first-order valence-corrected chi connectivity index (χ1v) is 7.90. The molecule has 20 heavy (non-hydrogen) atoms. The summed E-state index contributed by atoms with van der Waals surface area (Å²) in [5.41, 5.74) is 1.27. The molecule has 0 spiro atoms. The van der Waals surface area contributed by atoms with E-state index >= 15 is 0 Å². The van der Waals surface area contributed by atoms with Crippen LogP contribution in [0.15, 0.2) is 10.5 Å². The van der Waals surface area contributed by atoms with E-state index in [1.807, 2.05) is 0 Å². The molecule has 3 rings (SSSR count). The largest absolute Gasteiger partial charge is 0.463 e. The molecule has 1 unspecified atom stereocenters. The predicted molar refractivity (Wildman–Crippen MR) is 78.6 cm³/mol. The number of nitrogens with one attached hydrogen (secondary N) is 1. The summed E-state index contributed by atoms with van der Waals surface area (Å²) in [5, 5.41) is 3.52. The molecule has 2 heterocycles. The van der Waals surface area contributed by atoms with E-state index in [4.69, 9.17) is 9.15 Å². The van der Waals surface area contributed by atoms with Crippen LogP contribution in [-0.2, 0) is 17.8 Å².